The average Bonchev–Trinajstić information content (AvgIpc) is 3.38. The Labute approximate surface area is 185 Å². The van der Waals surface area contributed by atoms with Crippen molar-refractivity contribution in [1.29, 1.82) is 0 Å². The summed E-state index contributed by atoms with van der Waals surface area (Å²) in [5.74, 6) is -0.849. The predicted molar refractivity (Wildman–Crippen MR) is 124 cm³/mol. The van der Waals surface area contributed by atoms with Gasteiger partial charge in [0.2, 0.25) is 5.91 Å². The molecule has 0 radical (unpaired) electrons. The number of nitrogens with zero attached hydrogens (tertiary/aromatic N) is 2. The summed E-state index contributed by atoms with van der Waals surface area (Å²) in [6.07, 6.45) is 3.11. The standard InChI is InChI=1S/C25H22N4O3/c1-2-21(30)29-12-10-28(11-13-29)17-7-5-6-16(14-17)22-23(25(32)27-24(22)31)19-15-26-20-9-4-3-8-18(19)20/h2-9,14-15,26H,1,10-13H2,(H,27,31,32). The molecule has 2 aromatic carbocycles. The van der Waals surface area contributed by atoms with E-state index >= 15 is 0 Å². The molecule has 160 valence electrons. The molecule has 0 aliphatic carbocycles. The highest BCUT2D eigenvalue weighted by atomic mass is 16.2. The fourth-order valence-corrected chi connectivity index (χ4v) is 4.44. The summed E-state index contributed by atoms with van der Waals surface area (Å²) >= 11 is 0. The fraction of sp³-hybridized carbons (Fsp3) is 0.160. The van der Waals surface area contributed by atoms with Gasteiger partial charge in [-0.25, -0.2) is 0 Å². The number of hydrogen-bond donors (Lipinski definition) is 2. The molecular formula is C25H22N4O3. The third kappa shape index (κ3) is 3.28. The Kier molecular flexibility index (Phi) is 4.86. The molecule has 32 heavy (non-hydrogen) atoms. The molecule has 0 saturated carbocycles. The summed E-state index contributed by atoms with van der Waals surface area (Å²) in [6.45, 7) is 6.13. The van der Waals surface area contributed by atoms with Gasteiger partial charge in [0.15, 0.2) is 0 Å². The van der Waals surface area contributed by atoms with Crippen molar-refractivity contribution in [2.24, 2.45) is 0 Å². The van der Waals surface area contributed by atoms with Gasteiger partial charge < -0.3 is 14.8 Å². The molecule has 7 heteroatoms. The topological polar surface area (TPSA) is 85.5 Å². The van der Waals surface area contributed by atoms with E-state index in [9.17, 15) is 14.4 Å². The van der Waals surface area contributed by atoms with Crippen molar-refractivity contribution < 1.29 is 14.4 Å². The number of aromatic amines is 1. The lowest BCUT2D eigenvalue weighted by atomic mass is 9.95. The van der Waals surface area contributed by atoms with Crippen molar-refractivity contribution >= 4 is 45.5 Å². The Morgan fingerprint density at radius 3 is 2.47 bits per heavy atom. The number of anilines is 1. The smallest absolute Gasteiger partial charge is 0.259 e. The van der Waals surface area contributed by atoms with Crippen molar-refractivity contribution in [3.63, 3.8) is 0 Å². The van der Waals surface area contributed by atoms with Crippen LogP contribution in [0.25, 0.3) is 22.0 Å². The van der Waals surface area contributed by atoms with Crippen LogP contribution in [-0.4, -0.2) is 53.8 Å². The molecule has 3 heterocycles. The van der Waals surface area contributed by atoms with E-state index in [1.807, 2.05) is 48.5 Å². The molecule has 5 rings (SSSR count). The average molecular weight is 426 g/mol. The van der Waals surface area contributed by atoms with Crippen molar-refractivity contribution in [1.82, 2.24) is 15.2 Å². The van der Waals surface area contributed by atoms with Crippen LogP contribution in [0.15, 0.2) is 67.4 Å². The Bertz CT molecular complexity index is 1300. The van der Waals surface area contributed by atoms with Gasteiger partial charge >= 0.3 is 0 Å². The van der Waals surface area contributed by atoms with E-state index in [2.05, 4.69) is 21.8 Å². The number of benzene rings is 2. The van der Waals surface area contributed by atoms with E-state index in [-0.39, 0.29) is 5.91 Å². The summed E-state index contributed by atoms with van der Waals surface area (Å²) < 4.78 is 0. The number of carbonyl (C=O) groups excluding carboxylic acids is 3. The number of H-pyrrole nitrogens is 1. The van der Waals surface area contributed by atoms with Crippen LogP contribution in [0.5, 0.6) is 0 Å². The molecule has 7 nitrogen and oxygen atoms in total. The van der Waals surface area contributed by atoms with Crippen LogP contribution in [0.2, 0.25) is 0 Å². The van der Waals surface area contributed by atoms with E-state index in [1.165, 1.54) is 6.08 Å². The van der Waals surface area contributed by atoms with Gasteiger partial charge in [-0.15, -0.1) is 0 Å². The van der Waals surface area contributed by atoms with Gasteiger partial charge in [-0.1, -0.05) is 36.9 Å². The molecule has 2 aliphatic rings. The quantitative estimate of drug-likeness (QED) is 0.496. The number of rotatable bonds is 4. The first-order valence-electron chi connectivity index (χ1n) is 10.5. The van der Waals surface area contributed by atoms with Crippen LogP contribution in [0.1, 0.15) is 11.1 Å². The molecular weight excluding hydrogens is 404 g/mol. The molecule has 2 N–H and O–H groups in total. The SMILES string of the molecule is C=CC(=O)N1CCN(c2cccc(C3=C(c4c[nH]c5ccccc45)C(=O)NC3=O)c2)CC1. The first-order valence-corrected chi connectivity index (χ1v) is 10.5. The minimum absolute atomic E-state index is 0.0620. The molecule has 3 amide bonds. The number of para-hydroxylation sites is 1. The number of nitrogens with one attached hydrogen (secondary N) is 2. The van der Waals surface area contributed by atoms with Gasteiger partial charge in [0.1, 0.15) is 0 Å². The van der Waals surface area contributed by atoms with Gasteiger partial charge in [0, 0.05) is 54.5 Å². The first kappa shape index (κ1) is 19.8. The van der Waals surface area contributed by atoms with Crippen LogP contribution < -0.4 is 10.2 Å². The van der Waals surface area contributed by atoms with Gasteiger partial charge in [-0.3, -0.25) is 19.7 Å². The maximum absolute atomic E-state index is 12.8. The Balaban J connectivity index is 1.52. The largest absolute Gasteiger partial charge is 0.368 e. The Morgan fingerprint density at radius 1 is 0.938 bits per heavy atom. The zero-order valence-electron chi connectivity index (χ0n) is 17.4. The number of carbonyl (C=O) groups is 3. The van der Waals surface area contributed by atoms with Crippen molar-refractivity contribution in [3.05, 3.63) is 78.5 Å². The summed E-state index contributed by atoms with van der Waals surface area (Å²) in [6, 6.07) is 15.4. The number of piperazine rings is 1. The molecule has 0 spiro atoms. The van der Waals surface area contributed by atoms with Crippen LogP contribution in [0.4, 0.5) is 5.69 Å². The number of imide groups is 1. The van der Waals surface area contributed by atoms with Crippen LogP contribution in [-0.2, 0) is 14.4 Å². The summed E-state index contributed by atoms with van der Waals surface area (Å²) in [5, 5.41) is 3.35. The molecule has 0 unspecified atom stereocenters. The van der Waals surface area contributed by atoms with Gasteiger partial charge in [-0.05, 0) is 29.8 Å². The highest BCUT2D eigenvalue weighted by molar-refractivity contribution is 6.50. The second-order valence-corrected chi connectivity index (χ2v) is 7.85. The van der Waals surface area contributed by atoms with Gasteiger partial charge in [-0.2, -0.15) is 0 Å². The van der Waals surface area contributed by atoms with Crippen molar-refractivity contribution in [3.8, 4) is 0 Å². The van der Waals surface area contributed by atoms with E-state index in [0.29, 0.717) is 48.5 Å². The van der Waals surface area contributed by atoms with Crippen LogP contribution >= 0.6 is 0 Å². The highest BCUT2D eigenvalue weighted by Gasteiger charge is 2.33. The van der Waals surface area contributed by atoms with E-state index in [1.54, 1.807) is 11.1 Å². The number of aromatic nitrogens is 1. The molecule has 0 atom stereocenters. The summed E-state index contributed by atoms with van der Waals surface area (Å²) in [5.41, 5.74) is 4.01. The second kappa shape index (κ2) is 7.85. The van der Waals surface area contributed by atoms with Crippen LogP contribution in [0, 0.1) is 0 Å². The Hall–Kier alpha value is -4.13. The molecule has 0 bridgehead atoms. The van der Waals surface area contributed by atoms with Crippen molar-refractivity contribution in [2.45, 2.75) is 0 Å². The predicted octanol–water partition coefficient (Wildman–Crippen LogP) is 2.57. The van der Waals surface area contributed by atoms with Gasteiger partial charge in [0.05, 0.1) is 11.1 Å². The number of amides is 3. The molecule has 1 saturated heterocycles. The van der Waals surface area contributed by atoms with Crippen molar-refractivity contribution in [2.75, 3.05) is 31.1 Å². The first-order chi connectivity index (χ1) is 15.6. The summed E-state index contributed by atoms with van der Waals surface area (Å²) in [7, 11) is 0. The third-order valence-electron chi connectivity index (χ3n) is 6.06. The number of fused-ring (bicyclic) bond motifs is 1. The normalized spacial score (nSPS) is 16.6. The minimum Gasteiger partial charge on any atom is -0.368 e. The maximum atomic E-state index is 12.8. The third-order valence-corrected chi connectivity index (χ3v) is 6.06. The fourth-order valence-electron chi connectivity index (χ4n) is 4.44. The maximum Gasteiger partial charge on any atom is 0.259 e. The zero-order chi connectivity index (χ0) is 22.2. The Morgan fingerprint density at radius 2 is 1.69 bits per heavy atom. The monoisotopic (exact) mass is 426 g/mol. The minimum atomic E-state index is -0.395. The molecule has 1 aromatic heterocycles. The summed E-state index contributed by atoms with van der Waals surface area (Å²) in [4.78, 5) is 44.5. The second-order valence-electron chi connectivity index (χ2n) is 7.85. The van der Waals surface area contributed by atoms with E-state index in [0.717, 1.165) is 16.6 Å². The lowest BCUT2D eigenvalue weighted by molar-refractivity contribution is -0.126. The number of hydrogen-bond acceptors (Lipinski definition) is 4. The highest BCUT2D eigenvalue weighted by Crippen LogP contribution is 2.36. The zero-order valence-corrected chi connectivity index (χ0v) is 17.4. The van der Waals surface area contributed by atoms with E-state index in [4.69, 9.17) is 0 Å². The molecule has 2 aliphatic heterocycles. The van der Waals surface area contributed by atoms with Gasteiger partial charge in [0.25, 0.3) is 11.8 Å². The lowest BCUT2D eigenvalue weighted by Crippen LogP contribution is -2.48. The van der Waals surface area contributed by atoms with E-state index < -0.39 is 11.8 Å². The molecule has 1 fully saturated rings. The van der Waals surface area contributed by atoms with Crippen LogP contribution in [0.3, 0.4) is 0 Å². The molecule has 3 aromatic rings. The lowest BCUT2D eigenvalue weighted by Gasteiger charge is -2.35.